The Morgan fingerprint density at radius 1 is 1.00 bits per heavy atom. The van der Waals surface area contributed by atoms with Gasteiger partial charge in [-0.2, -0.15) is 0 Å². The number of hydrogen-bond donors (Lipinski definition) is 2. The van der Waals surface area contributed by atoms with Crippen LogP contribution in [0.3, 0.4) is 0 Å². The molecule has 2 aromatic carbocycles. The lowest BCUT2D eigenvalue weighted by molar-refractivity contribution is 0.308. The summed E-state index contributed by atoms with van der Waals surface area (Å²) in [7, 11) is 0. The molecule has 0 bridgehead atoms. The second kappa shape index (κ2) is 9.21. The van der Waals surface area contributed by atoms with Crippen molar-refractivity contribution in [3.8, 4) is 5.75 Å². The fraction of sp³-hybridized carbons (Fsp3) is 0.400. The summed E-state index contributed by atoms with van der Waals surface area (Å²) in [5, 5.41) is 3.47. The van der Waals surface area contributed by atoms with Crippen LogP contribution in [0.1, 0.15) is 31.4 Å². The molecule has 0 saturated carbocycles. The molecule has 124 valence electrons. The maximum Gasteiger partial charge on any atom is 0.142 e. The van der Waals surface area contributed by atoms with E-state index in [0.29, 0.717) is 12.3 Å². The number of ether oxygens (including phenoxy) is 1. The predicted octanol–water partition coefficient (Wildman–Crippen LogP) is 4.03. The molecule has 2 rings (SSSR count). The molecule has 23 heavy (non-hydrogen) atoms. The third-order valence-electron chi connectivity index (χ3n) is 3.80. The number of anilines is 1. The van der Waals surface area contributed by atoms with Crippen molar-refractivity contribution in [2.75, 3.05) is 18.8 Å². The van der Waals surface area contributed by atoms with Crippen LogP contribution in [0.15, 0.2) is 48.5 Å². The highest BCUT2D eigenvalue weighted by molar-refractivity contribution is 5.54. The highest BCUT2D eigenvalue weighted by Gasteiger charge is 2.03. The zero-order valence-corrected chi connectivity index (χ0v) is 14.2. The number of benzene rings is 2. The lowest BCUT2D eigenvalue weighted by Crippen LogP contribution is -2.19. The SMILES string of the molecule is CC(C)CCNCCc1ccc(OCc2ccccc2)c(N)c1. The molecule has 2 aromatic rings. The van der Waals surface area contributed by atoms with Crippen molar-refractivity contribution >= 4 is 5.69 Å². The second-order valence-corrected chi connectivity index (χ2v) is 6.33. The lowest BCUT2D eigenvalue weighted by Gasteiger charge is -2.11. The van der Waals surface area contributed by atoms with Gasteiger partial charge >= 0.3 is 0 Å². The Bertz CT molecular complexity index is 581. The Balaban J connectivity index is 1.78. The summed E-state index contributed by atoms with van der Waals surface area (Å²) in [6.07, 6.45) is 2.20. The minimum atomic E-state index is 0.543. The van der Waals surface area contributed by atoms with Crippen molar-refractivity contribution in [3.63, 3.8) is 0 Å². The molecule has 0 fully saturated rings. The van der Waals surface area contributed by atoms with E-state index in [1.165, 1.54) is 12.0 Å². The summed E-state index contributed by atoms with van der Waals surface area (Å²) in [5.74, 6) is 1.50. The fourth-order valence-corrected chi connectivity index (χ4v) is 2.37. The Hall–Kier alpha value is -2.00. The standard InChI is InChI=1S/C20H28N2O/c1-16(2)10-12-22-13-11-17-8-9-20(19(21)14-17)23-15-18-6-4-3-5-7-18/h3-9,14,16,22H,10-13,15,21H2,1-2H3. The molecule has 3 N–H and O–H groups in total. The van der Waals surface area contributed by atoms with E-state index in [0.717, 1.165) is 36.7 Å². The van der Waals surface area contributed by atoms with Crippen molar-refractivity contribution in [2.45, 2.75) is 33.3 Å². The van der Waals surface area contributed by atoms with Crippen LogP contribution in [0.4, 0.5) is 5.69 Å². The Morgan fingerprint density at radius 3 is 2.48 bits per heavy atom. The molecule has 0 aliphatic rings. The highest BCUT2D eigenvalue weighted by Crippen LogP contribution is 2.23. The van der Waals surface area contributed by atoms with Crippen LogP contribution in [-0.2, 0) is 13.0 Å². The summed E-state index contributed by atoms with van der Waals surface area (Å²) in [6, 6.07) is 16.2. The van der Waals surface area contributed by atoms with Gasteiger partial charge in [0.15, 0.2) is 0 Å². The normalized spacial score (nSPS) is 10.9. The Kier molecular flexibility index (Phi) is 6.95. The molecule has 0 saturated heterocycles. The fourth-order valence-electron chi connectivity index (χ4n) is 2.37. The smallest absolute Gasteiger partial charge is 0.142 e. The van der Waals surface area contributed by atoms with Gasteiger partial charge in [-0.05, 0) is 55.1 Å². The van der Waals surface area contributed by atoms with E-state index in [1.54, 1.807) is 0 Å². The zero-order valence-electron chi connectivity index (χ0n) is 14.2. The third kappa shape index (κ3) is 6.33. The topological polar surface area (TPSA) is 47.3 Å². The molecule has 3 nitrogen and oxygen atoms in total. The van der Waals surface area contributed by atoms with E-state index in [-0.39, 0.29) is 0 Å². The quantitative estimate of drug-likeness (QED) is 0.543. The van der Waals surface area contributed by atoms with Crippen molar-refractivity contribution in [2.24, 2.45) is 5.92 Å². The van der Waals surface area contributed by atoms with Gasteiger partial charge in [-0.1, -0.05) is 50.2 Å². The summed E-state index contributed by atoms with van der Waals surface area (Å²) in [5.41, 5.74) is 9.21. The maximum absolute atomic E-state index is 6.11. The number of nitrogens with two attached hydrogens (primary N) is 1. The van der Waals surface area contributed by atoms with Crippen LogP contribution in [0.25, 0.3) is 0 Å². The van der Waals surface area contributed by atoms with Gasteiger partial charge in [-0.15, -0.1) is 0 Å². The first-order valence-corrected chi connectivity index (χ1v) is 8.41. The van der Waals surface area contributed by atoms with Gasteiger partial charge in [-0.25, -0.2) is 0 Å². The van der Waals surface area contributed by atoms with E-state index >= 15 is 0 Å². The Labute approximate surface area is 139 Å². The molecular formula is C20H28N2O. The van der Waals surface area contributed by atoms with Gasteiger partial charge in [0.25, 0.3) is 0 Å². The van der Waals surface area contributed by atoms with Crippen molar-refractivity contribution < 1.29 is 4.74 Å². The zero-order chi connectivity index (χ0) is 16.5. The average molecular weight is 312 g/mol. The summed E-state index contributed by atoms with van der Waals surface area (Å²) < 4.78 is 5.81. The van der Waals surface area contributed by atoms with Crippen LogP contribution in [0.2, 0.25) is 0 Å². The third-order valence-corrected chi connectivity index (χ3v) is 3.80. The molecule has 0 radical (unpaired) electrons. The molecule has 0 aromatic heterocycles. The van der Waals surface area contributed by atoms with E-state index in [1.807, 2.05) is 42.5 Å². The first-order chi connectivity index (χ1) is 11.1. The summed E-state index contributed by atoms with van der Waals surface area (Å²) in [6.45, 7) is 7.09. The minimum Gasteiger partial charge on any atom is -0.487 e. The number of nitrogen functional groups attached to an aromatic ring is 1. The van der Waals surface area contributed by atoms with E-state index < -0.39 is 0 Å². The van der Waals surface area contributed by atoms with E-state index in [4.69, 9.17) is 10.5 Å². The van der Waals surface area contributed by atoms with Gasteiger partial charge in [0, 0.05) is 0 Å². The van der Waals surface area contributed by atoms with Crippen molar-refractivity contribution in [3.05, 3.63) is 59.7 Å². The molecule has 0 atom stereocenters. The average Bonchev–Trinajstić information content (AvgIpc) is 2.54. The van der Waals surface area contributed by atoms with Crippen molar-refractivity contribution in [1.82, 2.24) is 5.32 Å². The number of hydrogen-bond acceptors (Lipinski definition) is 3. The largest absolute Gasteiger partial charge is 0.487 e. The molecule has 0 unspecified atom stereocenters. The van der Waals surface area contributed by atoms with Crippen LogP contribution >= 0.6 is 0 Å². The number of rotatable bonds is 9. The van der Waals surface area contributed by atoms with Crippen LogP contribution in [-0.4, -0.2) is 13.1 Å². The molecule has 0 amide bonds. The van der Waals surface area contributed by atoms with Gasteiger partial charge in [-0.3, -0.25) is 0 Å². The summed E-state index contributed by atoms with van der Waals surface area (Å²) in [4.78, 5) is 0. The number of nitrogens with one attached hydrogen (secondary N) is 1. The van der Waals surface area contributed by atoms with Crippen LogP contribution in [0.5, 0.6) is 5.75 Å². The van der Waals surface area contributed by atoms with Gasteiger partial charge in [0.1, 0.15) is 12.4 Å². The monoisotopic (exact) mass is 312 g/mol. The summed E-state index contributed by atoms with van der Waals surface area (Å²) >= 11 is 0. The molecule has 3 heteroatoms. The second-order valence-electron chi connectivity index (χ2n) is 6.33. The van der Waals surface area contributed by atoms with Gasteiger partial charge in [0.2, 0.25) is 0 Å². The van der Waals surface area contributed by atoms with E-state index in [9.17, 15) is 0 Å². The van der Waals surface area contributed by atoms with Crippen molar-refractivity contribution in [1.29, 1.82) is 0 Å². The van der Waals surface area contributed by atoms with Gasteiger partial charge < -0.3 is 15.8 Å². The van der Waals surface area contributed by atoms with Gasteiger partial charge in [0.05, 0.1) is 5.69 Å². The first-order valence-electron chi connectivity index (χ1n) is 8.41. The lowest BCUT2D eigenvalue weighted by atomic mass is 10.1. The van der Waals surface area contributed by atoms with Crippen LogP contribution < -0.4 is 15.8 Å². The molecular weight excluding hydrogens is 284 g/mol. The molecule has 0 aliphatic carbocycles. The minimum absolute atomic E-state index is 0.543. The van der Waals surface area contributed by atoms with Crippen LogP contribution in [0, 0.1) is 5.92 Å². The molecule has 0 heterocycles. The first kappa shape index (κ1) is 17.4. The van der Waals surface area contributed by atoms with E-state index in [2.05, 4.69) is 25.2 Å². The maximum atomic E-state index is 6.11. The highest BCUT2D eigenvalue weighted by atomic mass is 16.5. The molecule has 0 aliphatic heterocycles. The predicted molar refractivity (Wildman–Crippen MR) is 97.7 cm³/mol. The Morgan fingerprint density at radius 2 is 1.78 bits per heavy atom. The molecule has 0 spiro atoms.